The Hall–Kier alpha value is -1.24. The van der Waals surface area contributed by atoms with Gasteiger partial charge in [0.25, 0.3) is 0 Å². The number of nitrogens with zero attached hydrogens (tertiary/aromatic N) is 1. The molecule has 4 nitrogen and oxygen atoms in total. The van der Waals surface area contributed by atoms with Crippen LogP contribution in [-0.4, -0.2) is 56.2 Å². The van der Waals surface area contributed by atoms with E-state index in [0.717, 1.165) is 50.2 Å². The summed E-state index contributed by atoms with van der Waals surface area (Å²) in [7, 11) is 0. The van der Waals surface area contributed by atoms with Crippen LogP contribution in [0.15, 0.2) is 28.7 Å². The van der Waals surface area contributed by atoms with Gasteiger partial charge in [0, 0.05) is 22.7 Å². The summed E-state index contributed by atoms with van der Waals surface area (Å²) in [6, 6.07) is 4.70. The van der Waals surface area contributed by atoms with E-state index in [-0.39, 0.29) is 11.7 Å². The van der Waals surface area contributed by atoms with Gasteiger partial charge in [0.05, 0.1) is 26.2 Å². The molecule has 2 fully saturated rings. The van der Waals surface area contributed by atoms with E-state index in [9.17, 15) is 9.18 Å². The number of hydrogen-bond acceptors (Lipinski definition) is 2. The lowest BCUT2D eigenvalue weighted by Gasteiger charge is -2.32. The summed E-state index contributed by atoms with van der Waals surface area (Å²) in [5.74, 6) is -0.376. The number of benzene rings is 1. The highest BCUT2D eigenvalue weighted by atomic mass is 79.9. The van der Waals surface area contributed by atoms with Crippen molar-refractivity contribution in [1.82, 2.24) is 4.90 Å². The second-order valence-electron chi connectivity index (χ2n) is 6.41. The van der Waals surface area contributed by atoms with Crippen molar-refractivity contribution >= 4 is 27.9 Å². The van der Waals surface area contributed by atoms with Crippen LogP contribution in [0.2, 0.25) is 0 Å². The number of piperazine rings is 1. The molecule has 0 spiro atoms. The largest absolute Gasteiger partial charge is 0.372 e. The van der Waals surface area contributed by atoms with Crippen molar-refractivity contribution in [3.8, 4) is 0 Å². The van der Waals surface area contributed by atoms with Crippen molar-refractivity contribution in [2.75, 3.05) is 39.3 Å². The number of rotatable bonds is 4. The summed E-state index contributed by atoms with van der Waals surface area (Å²) in [5, 5.41) is 0. The van der Waals surface area contributed by atoms with Crippen molar-refractivity contribution in [1.29, 1.82) is 0 Å². The third-order valence-electron chi connectivity index (χ3n) is 4.69. The average molecular weight is 398 g/mol. The molecule has 3 rings (SSSR count). The van der Waals surface area contributed by atoms with Gasteiger partial charge in [0.1, 0.15) is 18.5 Å². The molecular weight excluding hydrogens is 375 g/mol. The molecule has 0 radical (unpaired) electrons. The van der Waals surface area contributed by atoms with E-state index in [2.05, 4.69) is 15.9 Å². The first kappa shape index (κ1) is 17.6. The highest BCUT2D eigenvalue weighted by molar-refractivity contribution is 9.10. The van der Waals surface area contributed by atoms with E-state index < -0.39 is 0 Å². The summed E-state index contributed by atoms with van der Waals surface area (Å²) in [4.78, 5) is 15.6. The standard InChI is InChI=1S/C18H22BrFN2O2/c19-15-4-5-17(20)14(12-15)3-6-18(23)22-9-7-21(8-10-22)13-16-2-1-11-24-16/h3-6,12,16H,1-2,7-11,13H2/p+1/b6-3+/t16-/m0/s1. The molecule has 0 bridgehead atoms. The summed E-state index contributed by atoms with van der Waals surface area (Å²) in [6.07, 6.45) is 5.73. The minimum atomic E-state index is -0.326. The van der Waals surface area contributed by atoms with Crippen molar-refractivity contribution < 1.29 is 18.8 Å². The fourth-order valence-corrected chi connectivity index (χ4v) is 3.66. The van der Waals surface area contributed by atoms with E-state index in [1.54, 1.807) is 18.2 Å². The molecule has 0 aromatic heterocycles. The predicted molar refractivity (Wildman–Crippen MR) is 94.3 cm³/mol. The van der Waals surface area contributed by atoms with Gasteiger partial charge in [-0.15, -0.1) is 0 Å². The molecule has 24 heavy (non-hydrogen) atoms. The zero-order chi connectivity index (χ0) is 16.9. The van der Waals surface area contributed by atoms with Gasteiger partial charge in [-0.1, -0.05) is 15.9 Å². The molecule has 2 heterocycles. The number of carbonyl (C=O) groups is 1. The second kappa shape index (κ2) is 8.23. The Bertz CT molecular complexity index is 609. The fourth-order valence-electron chi connectivity index (χ4n) is 3.28. The third kappa shape index (κ3) is 4.65. The van der Waals surface area contributed by atoms with Gasteiger partial charge in [-0.25, -0.2) is 4.39 Å². The quantitative estimate of drug-likeness (QED) is 0.781. The Kier molecular flexibility index (Phi) is 6.03. The molecule has 2 aliphatic rings. The molecule has 0 aliphatic carbocycles. The normalized spacial score (nSPS) is 22.4. The van der Waals surface area contributed by atoms with Crippen LogP contribution in [0.4, 0.5) is 4.39 Å². The number of carbonyl (C=O) groups excluding carboxylic acids is 1. The number of amides is 1. The minimum Gasteiger partial charge on any atom is -0.372 e. The maximum atomic E-state index is 13.7. The lowest BCUT2D eigenvalue weighted by Crippen LogP contribution is -3.15. The Balaban J connectivity index is 1.49. The molecule has 1 aromatic carbocycles. The van der Waals surface area contributed by atoms with Crippen molar-refractivity contribution in [2.24, 2.45) is 0 Å². The molecule has 1 N–H and O–H groups in total. The van der Waals surface area contributed by atoms with Gasteiger partial charge in [-0.3, -0.25) is 4.79 Å². The molecule has 6 heteroatoms. The highest BCUT2D eigenvalue weighted by Crippen LogP contribution is 2.17. The zero-order valence-corrected chi connectivity index (χ0v) is 15.2. The summed E-state index contributed by atoms with van der Waals surface area (Å²) in [6.45, 7) is 5.31. The van der Waals surface area contributed by atoms with E-state index >= 15 is 0 Å². The van der Waals surface area contributed by atoms with E-state index in [1.165, 1.54) is 23.5 Å². The highest BCUT2D eigenvalue weighted by Gasteiger charge is 2.26. The van der Waals surface area contributed by atoms with Crippen LogP contribution < -0.4 is 4.90 Å². The first-order valence-corrected chi connectivity index (χ1v) is 9.28. The molecule has 1 aromatic rings. The fraction of sp³-hybridized carbons (Fsp3) is 0.500. The summed E-state index contributed by atoms with van der Waals surface area (Å²) < 4.78 is 20.2. The monoisotopic (exact) mass is 397 g/mol. The number of halogens is 2. The topological polar surface area (TPSA) is 34.0 Å². The zero-order valence-electron chi connectivity index (χ0n) is 13.6. The number of quaternary nitrogens is 1. The molecule has 2 saturated heterocycles. The molecule has 0 unspecified atom stereocenters. The van der Waals surface area contributed by atoms with Gasteiger partial charge in [-0.05, 0) is 37.1 Å². The smallest absolute Gasteiger partial charge is 0.246 e. The predicted octanol–water partition coefficient (Wildman–Crippen LogP) is 1.51. The maximum absolute atomic E-state index is 13.7. The van der Waals surface area contributed by atoms with Crippen LogP contribution in [0, 0.1) is 5.82 Å². The van der Waals surface area contributed by atoms with Crippen LogP contribution in [0.1, 0.15) is 18.4 Å². The van der Waals surface area contributed by atoms with Crippen molar-refractivity contribution in [2.45, 2.75) is 18.9 Å². The van der Waals surface area contributed by atoms with E-state index in [4.69, 9.17) is 4.74 Å². The third-order valence-corrected chi connectivity index (χ3v) is 5.18. The molecule has 1 atom stereocenters. The lowest BCUT2D eigenvalue weighted by atomic mass is 10.2. The van der Waals surface area contributed by atoms with Gasteiger partial charge in [0.15, 0.2) is 0 Å². The lowest BCUT2D eigenvalue weighted by molar-refractivity contribution is -0.906. The van der Waals surface area contributed by atoms with Crippen LogP contribution in [-0.2, 0) is 9.53 Å². The Morgan fingerprint density at radius 3 is 2.92 bits per heavy atom. The molecule has 1 amide bonds. The SMILES string of the molecule is O=C(/C=C/c1cc(Br)ccc1F)N1CC[NH+](C[C@@H]2CCCO2)CC1. The second-order valence-corrected chi connectivity index (χ2v) is 7.33. The van der Waals surface area contributed by atoms with E-state index in [1.807, 2.05) is 4.90 Å². The molecule has 0 saturated carbocycles. The van der Waals surface area contributed by atoms with Gasteiger partial charge in [-0.2, -0.15) is 0 Å². The van der Waals surface area contributed by atoms with E-state index in [0.29, 0.717) is 11.7 Å². The molecule has 2 aliphatic heterocycles. The van der Waals surface area contributed by atoms with Gasteiger partial charge in [0.2, 0.25) is 5.91 Å². The van der Waals surface area contributed by atoms with Gasteiger partial charge >= 0.3 is 0 Å². The number of hydrogen-bond donors (Lipinski definition) is 1. The van der Waals surface area contributed by atoms with Crippen molar-refractivity contribution in [3.63, 3.8) is 0 Å². The summed E-state index contributed by atoms with van der Waals surface area (Å²) >= 11 is 3.31. The van der Waals surface area contributed by atoms with Crippen LogP contribution in [0.25, 0.3) is 6.08 Å². The summed E-state index contributed by atoms with van der Waals surface area (Å²) in [5.41, 5.74) is 0.417. The molecular formula is C18H23BrFN2O2+. The maximum Gasteiger partial charge on any atom is 0.246 e. The van der Waals surface area contributed by atoms with Crippen LogP contribution in [0.3, 0.4) is 0 Å². The average Bonchev–Trinajstić information content (AvgIpc) is 3.09. The van der Waals surface area contributed by atoms with Crippen LogP contribution in [0.5, 0.6) is 0 Å². The first-order valence-electron chi connectivity index (χ1n) is 8.49. The number of ether oxygens (including phenoxy) is 1. The number of nitrogens with one attached hydrogen (secondary N) is 1. The van der Waals surface area contributed by atoms with Crippen molar-refractivity contribution in [3.05, 3.63) is 40.1 Å². The Labute approximate surface area is 150 Å². The minimum absolute atomic E-state index is 0.0504. The van der Waals surface area contributed by atoms with Gasteiger partial charge < -0.3 is 14.5 Å². The van der Waals surface area contributed by atoms with Crippen LogP contribution >= 0.6 is 15.9 Å². The molecule has 130 valence electrons. The Morgan fingerprint density at radius 1 is 1.42 bits per heavy atom. The Morgan fingerprint density at radius 2 is 2.21 bits per heavy atom. The first-order chi connectivity index (χ1) is 11.6.